The van der Waals surface area contributed by atoms with Gasteiger partial charge in [-0.1, -0.05) is 25.6 Å². The topological polar surface area (TPSA) is 68.0 Å². The van der Waals surface area contributed by atoms with E-state index in [1.165, 1.54) is 11.8 Å². The molecule has 0 spiro atoms. The molecule has 1 unspecified atom stereocenters. The summed E-state index contributed by atoms with van der Waals surface area (Å²) in [7, 11) is 0. The Morgan fingerprint density at radius 3 is 2.78 bits per heavy atom. The van der Waals surface area contributed by atoms with Gasteiger partial charge in [0.25, 0.3) is 0 Å². The van der Waals surface area contributed by atoms with E-state index in [0.717, 1.165) is 25.2 Å². The van der Waals surface area contributed by atoms with Crippen LogP contribution in [0, 0.1) is 0 Å². The molecule has 7 heteroatoms. The monoisotopic (exact) mass is 289 g/mol. The van der Waals surface area contributed by atoms with Gasteiger partial charge in [-0.05, 0) is 12.7 Å². The minimum Gasteiger partial charge on any atom is -0.481 e. The second kappa shape index (κ2) is 7.68. The summed E-state index contributed by atoms with van der Waals surface area (Å²) in [5.74, 6) is 0.147. The van der Waals surface area contributed by atoms with Gasteiger partial charge in [0.05, 0.1) is 5.75 Å². The molecule has 0 aliphatic heterocycles. The van der Waals surface area contributed by atoms with Crippen LogP contribution >= 0.6 is 23.5 Å². The normalized spacial score (nSPS) is 12.6. The Bertz CT molecular complexity index is 396. The van der Waals surface area contributed by atoms with Crippen LogP contribution in [-0.4, -0.2) is 43.1 Å². The molecule has 0 aromatic carbocycles. The third kappa shape index (κ3) is 4.53. The molecule has 1 aromatic heterocycles. The molecule has 18 heavy (non-hydrogen) atoms. The number of nitrogens with zero attached hydrogens (tertiary/aromatic N) is 3. The number of thioether (sulfide) groups is 2. The van der Waals surface area contributed by atoms with Gasteiger partial charge < -0.3 is 9.67 Å². The van der Waals surface area contributed by atoms with Gasteiger partial charge in [-0.2, -0.15) is 11.8 Å². The van der Waals surface area contributed by atoms with E-state index in [9.17, 15) is 4.79 Å². The van der Waals surface area contributed by atoms with Crippen molar-refractivity contribution in [1.82, 2.24) is 14.8 Å². The van der Waals surface area contributed by atoms with Crippen LogP contribution in [0.1, 0.15) is 26.1 Å². The maximum absolute atomic E-state index is 10.6. The van der Waals surface area contributed by atoms with Crippen molar-refractivity contribution in [2.24, 2.45) is 0 Å². The first-order chi connectivity index (χ1) is 8.58. The Balaban J connectivity index is 2.84. The molecule has 0 aliphatic carbocycles. The van der Waals surface area contributed by atoms with Gasteiger partial charge >= 0.3 is 5.97 Å². The Kier molecular flexibility index (Phi) is 6.56. The minimum atomic E-state index is -0.829. The molecule has 0 saturated carbocycles. The van der Waals surface area contributed by atoms with Gasteiger partial charge in [0.15, 0.2) is 5.16 Å². The lowest BCUT2D eigenvalue weighted by molar-refractivity contribution is -0.133. The lowest BCUT2D eigenvalue weighted by Crippen LogP contribution is -2.13. The molecule has 0 fully saturated rings. The zero-order chi connectivity index (χ0) is 13.5. The first-order valence-electron chi connectivity index (χ1n) is 5.87. The molecule has 0 bridgehead atoms. The van der Waals surface area contributed by atoms with E-state index in [1.807, 2.05) is 0 Å². The van der Waals surface area contributed by atoms with E-state index in [4.69, 9.17) is 5.11 Å². The first-order valence-corrected chi connectivity index (χ1v) is 8.15. The van der Waals surface area contributed by atoms with Crippen LogP contribution in [0.15, 0.2) is 5.16 Å². The van der Waals surface area contributed by atoms with Crippen LogP contribution in [-0.2, 0) is 17.8 Å². The van der Waals surface area contributed by atoms with E-state index < -0.39 is 5.97 Å². The molecule has 1 atom stereocenters. The van der Waals surface area contributed by atoms with E-state index in [2.05, 4.69) is 34.9 Å². The quantitative estimate of drug-likeness (QED) is 0.740. The summed E-state index contributed by atoms with van der Waals surface area (Å²) in [5.41, 5.74) is 0. The molecule has 1 aromatic rings. The summed E-state index contributed by atoms with van der Waals surface area (Å²) in [6, 6.07) is 0. The van der Waals surface area contributed by atoms with E-state index in [1.54, 1.807) is 11.8 Å². The maximum atomic E-state index is 10.6. The number of hydrogen-bond acceptors (Lipinski definition) is 5. The second-order valence-electron chi connectivity index (χ2n) is 3.99. The number of hydrogen-bond donors (Lipinski definition) is 1. The van der Waals surface area contributed by atoms with E-state index >= 15 is 0 Å². The predicted molar refractivity (Wildman–Crippen MR) is 75.4 cm³/mol. The van der Waals surface area contributed by atoms with Crippen LogP contribution in [0.4, 0.5) is 0 Å². The van der Waals surface area contributed by atoms with Gasteiger partial charge in [-0.25, -0.2) is 0 Å². The molecular formula is C11H19N3O2S2. The van der Waals surface area contributed by atoms with Crippen molar-refractivity contribution in [2.75, 3.05) is 12.0 Å². The number of carbonyl (C=O) groups is 1. The lowest BCUT2D eigenvalue weighted by atomic mass is 10.3. The molecule has 0 aliphatic rings. The highest BCUT2D eigenvalue weighted by molar-refractivity contribution is 7.99. The third-order valence-electron chi connectivity index (χ3n) is 2.43. The highest BCUT2D eigenvalue weighted by Crippen LogP contribution is 2.20. The molecule has 0 radical (unpaired) electrons. The molecule has 0 saturated heterocycles. The average Bonchev–Trinajstić information content (AvgIpc) is 2.70. The minimum absolute atomic E-state index is 0.0257. The van der Waals surface area contributed by atoms with Crippen molar-refractivity contribution >= 4 is 29.5 Å². The fraction of sp³-hybridized carbons (Fsp3) is 0.727. The standard InChI is InChI=1S/C11H19N3O2S2/c1-4-5-9-12-13-11(18-7-10(15)16)14(9)6-8(2)17-3/h8H,4-7H2,1-3H3,(H,15,16). The Labute approximate surface area is 116 Å². The zero-order valence-corrected chi connectivity index (χ0v) is 12.6. The van der Waals surface area contributed by atoms with Crippen LogP contribution in [0.3, 0.4) is 0 Å². The molecule has 1 rings (SSSR count). The number of aromatic nitrogens is 3. The summed E-state index contributed by atoms with van der Waals surface area (Å²) >= 11 is 3.02. The van der Waals surface area contributed by atoms with Gasteiger partial charge in [-0.3, -0.25) is 4.79 Å². The number of rotatable bonds is 8. The SMILES string of the molecule is CCCc1nnc(SCC(=O)O)n1CC(C)SC. The predicted octanol–water partition coefficient (Wildman–Crippen LogP) is 2.16. The van der Waals surface area contributed by atoms with Crippen LogP contribution < -0.4 is 0 Å². The van der Waals surface area contributed by atoms with Gasteiger partial charge in [0.1, 0.15) is 5.82 Å². The van der Waals surface area contributed by atoms with Crippen molar-refractivity contribution in [1.29, 1.82) is 0 Å². The van der Waals surface area contributed by atoms with Crippen molar-refractivity contribution in [2.45, 2.75) is 43.6 Å². The van der Waals surface area contributed by atoms with Gasteiger partial charge in [0, 0.05) is 18.2 Å². The second-order valence-corrected chi connectivity index (χ2v) is 6.21. The largest absolute Gasteiger partial charge is 0.481 e. The number of aryl methyl sites for hydroxylation is 1. The molecule has 1 N–H and O–H groups in total. The summed E-state index contributed by atoms with van der Waals surface area (Å²) in [6.45, 7) is 5.07. The summed E-state index contributed by atoms with van der Waals surface area (Å²) in [4.78, 5) is 10.6. The number of carboxylic acid groups (broad SMARTS) is 1. The van der Waals surface area contributed by atoms with Crippen molar-refractivity contribution < 1.29 is 9.90 Å². The summed E-state index contributed by atoms with van der Waals surface area (Å²) in [6.07, 6.45) is 3.95. The smallest absolute Gasteiger partial charge is 0.313 e. The van der Waals surface area contributed by atoms with Gasteiger partial charge in [-0.15, -0.1) is 10.2 Å². The number of carboxylic acids is 1. The molecule has 0 amide bonds. The first kappa shape index (κ1) is 15.4. The molecule has 1 heterocycles. The molecular weight excluding hydrogens is 270 g/mol. The summed E-state index contributed by atoms with van der Waals surface area (Å²) < 4.78 is 2.05. The van der Waals surface area contributed by atoms with E-state index in [-0.39, 0.29) is 5.75 Å². The lowest BCUT2D eigenvalue weighted by Gasteiger charge is -2.13. The van der Waals surface area contributed by atoms with Crippen LogP contribution in [0.25, 0.3) is 0 Å². The molecule has 5 nitrogen and oxygen atoms in total. The maximum Gasteiger partial charge on any atom is 0.313 e. The van der Waals surface area contributed by atoms with Crippen molar-refractivity contribution in [3.05, 3.63) is 5.82 Å². The van der Waals surface area contributed by atoms with E-state index in [0.29, 0.717) is 10.4 Å². The number of aliphatic carboxylic acids is 1. The van der Waals surface area contributed by atoms with Crippen molar-refractivity contribution in [3.63, 3.8) is 0 Å². The molecule has 102 valence electrons. The van der Waals surface area contributed by atoms with Crippen molar-refractivity contribution in [3.8, 4) is 0 Å². The fourth-order valence-electron chi connectivity index (χ4n) is 1.48. The Morgan fingerprint density at radius 2 is 2.22 bits per heavy atom. The fourth-order valence-corrected chi connectivity index (χ4v) is 2.46. The highest BCUT2D eigenvalue weighted by Gasteiger charge is 2.15. The zero-order valence-electron chi connectivity index (χ0n) is 10.9. The van der Waals surface area contributed by atoms with Crippen LogP contribution in [0.2, 0.25) is 0 Å². The average molecular weight is 289 g/mol. The third-order valence-corrected chi connectivity index (χ3v) is 4.34. The Hall–Kier alpha value is -0.690. The highest BCUT2D eigenvalue weighted by atomic mass is 32.2. The Morgan fingerprint density at radius 1 is 1.50 bits per heavy atom. The summed E-state index contributed by atoms with van der Waals surface area (Å²) in [5, 5.41) is 18.1. The van der Waals surface area contributed by atoms with Gasteiger partial charge in [0.2, 0.25) is 0 Å². The van der Waals surface area contributed by atoms with Crippen LogP contribution in [0.5, 0.6) is 0 Å².